The van der Waals surface area contributed by atoms with Crippen molar-refractivity contribution in [2.75, 3.05) is 19.6 Å². The minimum absolute atomic E-state index is 0.00518. The molecule has 5 heteroatoms. The van der Waals surface area contributed by atoms with Crippen LogP contribution in [0.2, 0.25) is 0 Å². The van der Waals surface area contributed by atoms with Crippen LogP contribution in [0.1, 0.15) is 45.4 Å². The number of rotatable bonds is 5. The van der Waals surface area contributed by atoms with Crippen LogP contribution in [0, 0.1) is 0 Å². The Kier molecular flexibility index (Phi) is 5.19. The van der Waals surface area contributed by atoms with E-state index in [2.05, 4.69) is 17.6 Å². The van der Waals surface area contributed by atoms with Gasteiger partial charge in [0.25, 0.3) is 0 Å². The van der Waals surface area contributed by atoms with E-state index in [0.717, 1.165) is 32.5 Å². The highest BCUT2D eigenvalue weighted by atomic mass is 16.2. The summed E-state index contributed by atoms with van der Waals surface area (Å²) in [6.45, 7) is 4.70. The third-order valence-corrected chi connectivity index (χ3v) is 3.95. The molecule has 0 spiro atoms. The summed E-state index contributed by atoms with van der Waals surface area (Å²) in [6, 6.07) is 0.129. The number of nitrogens with one attached hydrogen (secondary N) is 2. The molecule has 2 saturated heterocycles. The molecule has 2 atom stereocenters. The van der Waals surface area contributed by atoms with Gasteiger partial charge in [-0.05, 0) is 32.2 Å². The van der Waals surface area contributed by atoms with Crippen LogP contribution >= 0.6 is 0 Å². The Balaban J connectivity index is 1.90. The van der Waals surface area contributed by atoms with Crippen molar-refractivity contribution >= 4 is 11.8 Å². The molecule has 0 radical (unpaired) electrons. The summed E-state index contributed by atoms with van der Waals surface area (Å²) >= 11 is 0. The molecular formula is C14H25N3O2. The van der Waals surface area contributed by atoms with Gasteiger partial charge in [0, 0.05) is 25.6 Å². The third-order valence-electron chi connectivity index (χ3n) is 3.95. The van der Waals surface area contributed by atoms with Crippen molar-refractivity contribution < 1.29 is 9.59 Å². The number of nitrogens with zero attached hydrogens (tertiary/aromatic N) is 1. The maximum absolute atomic E-state index is 12.4. The molecule has 1 unspecified atom stereocenters. The predicted octanol–water partition coefficient (Wildman–Crippen LogP) is 0.646. The Bertz CT molecular complexity index is 327. The summed E-state index contributed by atoms with van der Waals surface area (Å²) in [4.78, 5) is 25.6. The Morgan fingerprint density at radius 1 is 1.37 bits per heavy atom. The third kappa shape index (κ3) is 3.93. The van der Waals surface area contributed by atoms with Gasteiger partial charge in [0.1, 0.15) is 6.04 Å². The number of hydrogen-bond donors (Lipinski definition) is 2. The van der Waals surface area contributed by atoms with E-state index in [0.29, 0.717) is 18.9 Å². The van der Waals surface area contributed by atoms with E-state index in [1.165, 1.54) is 12.8 Å². The summed E-state index contributed by atoms with van der Waals surface area (Å²) in [6.07, 6.45) is 5.71. The van der Waals surface area contributed by atoms with Gasteiger partial charge in [-0.25, -0.2) is 0 Å². The smallest absolute Gasteiger partial charge is 0.245 e. The van der Waals surface area contributed by atoms with Crippen molar-refractivity contribution in [3.8, 4) is 0 Å². The zero-order valence-electron chi connectivity index (χ0n) is 11.8. The highest BCUT2D eigenvalue weighted by Gasteiger charge is 2.31. The van der Waals surface area contributed by atoms with Gasteiger partial charge in [-0.15, -0.1) is 0 Å². The van der Waals surface area contributed by atoms with E-state index in [1.807, 2.05) is 4.90 Å². The molecule has 0 aromatic heterocycles. The summed E-state index contributed by atoms with van der Waals surface area (Å²) < 4.78 is 0. The predicted molar refractivity (Wildman–Crippen MR) is 73.7 cm³/mol. The van der Waals surface area contributed by atoms with Crippen molar-refractivity contribution in [1.82, 2.24) is 15.5 Å². The van der Waals surface area contributed by atoms with E-state index in [9.17, 15) is 9.59 Å². The van der Waals surface area contributed by atoms with Gasteiger partial charge in [-0.2, -0.15) is 0 Å². The topological polar surface area (TPSA) is 61.4 Å². The van der Waals surface area contributed by atoms with Gasteiger partial charge in [0.15, 0.2) is 0 Å². The Morgan fingerprint density at radius 3 is 2.79 bits per heavy atom. The largest absolute Gasteiger partial charge is 0.344 e. The normalized spacial score (nSPS) is 27.1. The molecule has 0 bridgehead atoms. The lowest BCUT2D eigenvalue weighted by Gasteiger charge is -2.32. The molecule has 2 fully saturated rings. The zero-order valence-corrected chi connectivity index (χ0v) is 11.8. The summed E-state index contributed by atoms with van der Waals surface area (Å²) in [5.41, 5.74) is 0. The lowest BCUT2D eigenvalue weighted by molar-refractivity contribution is -0.134. The second kappa shape index (κ2) is 6.89. The summed E-state index contributed by atoms with van der Waals surface area (Å²) in [5, 5.41) is 6.26. The van der Waals surface area contributed by atoms with Crippen LogP contribution in [0.5, 0.6) is 0 Å². The number of carbonyl (C=O) groups excluding carboxylic acids is 2. The first-order chi connectivity index (χ1) is 9.20. The second-order valence-electron chi connectivity index (χ2n) is 5.59. The van der Waals surface area contributed by atoms with Crippen LogP contribution in [-0.2, 0) is 9.59 Å². The molecule has 0 aliphatic carbocycles. The highest BCUT2D eigenvalue weighted by Crippen LogP contribution is 2.13. The molecule has 0 saturated carbocycles. The van der Waals surface area contributed by atoms with E-state index >= 15 is 0 Å². The van der Waals surface area contributed by atoms with E-state index < -0.39 is 0 Å². The maximum atomic E-state index is 12.4. The van der Waals surface area contributed by atoms with Crippen molar-refractivity contribution in [3.63, 3.8) is 0 Å². The molecular weight excluding hydrogens is 242 g/mol. The van der Waals surface area contributed by atoms with Crippen LogP contribution in [0.3, 0.4) is 0 Å². The molecule has 0 aromatic carbocycles. The van der Waals surface area contributed by atoms with Crippen molar-refractivity contribution in [3.05, 3.63) is 0 Å². The fourth-order valence-electron chi connectivity index (χ4n) is 2.93. The van der Waals surface area contributed by atoms with E-state index in [1.54, 1.807) is 0 Å². The van der Waals surface area contributed by atoms with Crippen LogP contribution in [0.25, 0.3) is 0 Å². The Labute approximate surface area is 115 Å². The minimum atomic E-state index is -0.289. The summed E-state index contributed by atoms with van der Waals surface area (Å²) in [5.74, 6) is 0.102. The molecule has 2 aliphatic heterocycles. The van der Waals surface area contributed by atoms with Crippen LogP contribution in [-0.4, -0.2) is 48.4 Å². The molecule has 2 aliphatic rings. The Morgan fingerprint density at radius 2 is 2.21 bits per heavy atom. The first-order valence-electron chi connectivity index (χ1n) is 7.52. The van der Waals surface area contributed by atoms with E-state index in [4.69, 9.17) is 0 Å². The minimum Gasteiger partial charge on any atom is -0.344 e. The zero-order chi connectivity index (χ0) is 13.7. The Hall–Kier alpha value is -1.10. The molecule has 2 heterocycles. The molecule has 0 aromatic rings. The quantitative estimate of drug-likeness (QED) is 0.768. The number of carbonyl (C=O) groups is 2. The fraction of sp³-hybridized carbons (Fsp3) is 0.857. The van der Waals surface area contributed by atoms with Crippen LogP contribution in [0.4, 0.5) is 0 Å². The lowest BCUT2D eigenvalue weighted by Crippen LogP contribution is -2.50. The molecule has 108 valence electrons. The second-order valence-corrected chi connectivity index (χ2v) is 5.59. The molecule has 2 rings (SSSR count). The highest BCUT2D eigenvalue weighted by molar-refractivity contribution is 5.90. The van der Waals surface area contributed by atoms with Crippen LogP contribution in [0.15, 0.2) is 0 Å². The van der Waals surface area contributed by atoms with Gasteiger partial charge in [-0.3, -0.25) is 9.59 Å². The van der Waals surface area contributed by atoms with Gasteiger partial charge in [-0.1, -0.05) is 13.3 Å². The average molecular weight is 267 g/mol. The number of amides is 2. The van der Waals surface area contributed by atoms with E-state index in [-0.39, 0.29) is 17.9 Å². The molecule has 2 amide bonds. The number of hydrogen-bond acceptors (Lipinski definition) is 3. The van der Waals surface area contributed by atoms with Crippen molar-refractivity contribution in [2.45, 2.75) is 57.5 Å². The monoisotopic (exact) mass is 267 g/mol. The molecule has 5 nitrogen and oxygen atoms in total. The standard InChI is InChI=1S/C14H25N3O2/c1-2-9-17(10-11-5-3-4-8-15-11)14(19)12-6-7-13(18)16-12/h11-12,15H,2-10H2,1H3,(H,16,18)/t11?,12-/m1/s1. The maximum Gasteiger partial charge on any atom is 0.245 e. The van der Waals surface area contributed by atoms with Gasteiger partial charge < -0.3 is 15.5 Å². The summed E-state index contributed by atoms with van der Waals surface area (Å²) in [7, 11) is 0. The van der Waals surface area contributed by atoms with Crippen molar-refractivity contribution in [1.29, 1.82) is 0 Å². The fourth-order valence-corrected chi connectivity index (χ4v) is 2.93. The first-order valence-corrected chi connectivity index (χ1v) is 7.52. The van der Waals surface area contributed by atoms with Crippen molar-refractivity contribution in [2.24, 2.45) is 0 Å². The SMILES string of the molecule is CCCN(CC1CCCCN1)C(=O)[C@H]1CCC(=O)N1. The van der Waals surface area contributed by atoms with Gasteiger partial charge in [0.2, 0.25) is 11.8 Å². The van der Waals surface area contributed by atoms with Gasteiger partial charge >= 0.3 is 0 Å². The van der Waals surface area contributed by atoms with Gasteiger partial charge in [0.05, 0.1) is 0 Å². The number of piperidine rings is 1. The average Bonchev–Trinajstić information content (AvgIpc) is 2.85. The molecule has 19 heavy (non-hydrogen) atoms. The van der Waals surface area contributed by atoms with Crippen LogP contribution < -0.4 is 10.6 Å². The lowest BCUT2D eigenvalue weighted by atomic mass is 10.0. The first kappa shape index (κ1) is 14.3. The molecule has 2 N–H and O–H groups in total.